The summed E-state index contributed by atoms with van der Waals surface area (Å²) in [4.78, 5) is 0. The first-order valence-corrected chi connectivity index (χ1v) is 5.69. The summed E-state index contributed by atoms with van der Waals surface area (Å²) in [6, 6.07) is 2.80. The number of rotatable bonds is 3. The topological polar surface area (TPSA) is 25.2 Å². The largest absolute Gasteiger partial charge is 0.456 e. The first-order chi connectivity index (χ1) is 7.63. The number of furan rings is 1. The van der Waals surface area contributed by atoms with E-state index in [-0.39, 0.29) is 5.58 Å². The maximum Gasteiger partial charge on any atom is 0.201 e. The van der Waals surface area contributed by atoms with Gasteiger partial charge >= 0.3 is 0 Å². The van der Waals surface area contributed by atoms with Gasteiger partial charge in [0.1, 0.15) is 5.76 Å². The Morgan fingerprint density at radius 1 is 1.38 bits per heavy atom. The summed E-state index contributed by atoms with van der Waals surface area (Å²) in [6.07, 6.45) is 0. The van der Waals surface area contributed by atoms with Crippen molar-refractivity contribution in [1.29, 1.82) is 0 Å². The molecule has 2 aromatic rings. The van der Waals surface area contributed by atoms with Crippen LogP contribution in [0.15, 0.2) is 21.0 Å². The molecule has 86 valence electrons. The van der Waals surface area contributed by atoms with Gasteiger partial charge in [-0.15, -0.1) is 0 Å². The molecule has 0 aliphatic rings. The highest BCUT2D eigenvalue weighted by atomic mass is 79.9. The van der Waals surface area contributed by atoms with Crippen molar-refractivity contribution in [3.63, 3.8) is 0 Å². The molecule has 0 saturated heterocycles. The molecule has 2 nitrogen and oxygen atoms in total. The molecule has 0 saturated carbocycles. The Hall–Kier alpha value is -0.940. The summed E-state index contributed by atoms with van der Waals surface area (Å²) in [5.41, 5.74) is -0.0419. The predicted molar refractivity (Wildman–Crippen MR) is 61.2 cm³/mol. The summed E-state index contributed by atoms with van der Waals surface area (Å²) in [5.74, 6) is -1.27. The lowest BCUT2D eigenvalue weighted by molar-refractivity contribution is 0.470. The summed E-state index contributed by atoms with van der Waals surface area (Å²) in [7, 11) is 0. The molecule has 1 heterocycles. The van der Waals surface area contributed by atoms with Crippen molar-refractivity contribution < 1.29 is 13.2 Å². The van der Waals surface area contributed by atoms with E-state index >= 15 is 0 Å². The van der Waals surface area contributed by atoms with Crippen LogP contribution in [-0.2, 0) is 6.54 Å². The minimum atomic E-state index is -0.944. The fourth-order valence-corrected chi connectivity index (χ4v) is 1.97. The van der Waals surface area contributed by atoms with Crippen LogP contribution >= 0.6 is 15.9 Å². The fraction of sp³-hybridized carbons (Fsp3) is 0.273. The smallest absolute Gasteiger partial charge is 0.201 e. The van der Waals surface area contributed by atoms with Gasteiger partial charge in [0.2, 0.25) is 5.82 Å². The van der Waals surface area contributed by atoms with Crippen molar-refractivity contribution in [2.45, 2.75) is 13.5 Å². The van der Waals surface area contributed by atoms with Crippen LogP contribution in [0.5, 0.6) is 0 Å². The highest BCUT2D eigenvalue weighted by Crippen LogP contribution is 2.31. The zero-order valence-electron chi connectivity index (χ0n) is 8.61. The van der Waals surface area contributed by atoms with Crippen LogP contribution in [0.1, 0.15) is 12.7 Å². The van der Waals surface area contributed by atoms with Gasteiger partial charge in [-0.05, 0) is 34.6 Å². The van der Waals surface area contributed by atoms with Gasteiger partial charge in [-0.3, -0.25) is 0 Å². The van der Waals surface area contributed by atoms with E-state index < -0.39 is 11.6 Å². The molecule has 0 aliphatic carbocycles. The number of benzene rings is 1. The molecule has 0 aliphatic heterocycles. The van der Waals surface area contributed by atoms with E-state index in [1.54, 1.807) is 6.07 Å². The van der Waals surface area contributed by atoms with Crippen molar-refractivity contribution in [2.24, 2.45) is 0 Å². The van der Waals surface area contributed by atoms with E-state index in [9.17, 15) is 8.78 Å². The van der Waals surface area contributed by atoms with Crippen molar-refractivity contribution in [3.8, 4) is 0 Å². The van der Waals surface area contributed by atoms with E-state index in [0.29, 0.717) is 22.2 Å². The lowest BCUT2D eigenvalue weighted by Gasteiger charge is -1.96. The van der Waals surface area contributed by atoms with Gasteiger partial charge in [-0.2, -0.15) is 4.39 Å². The third-order valence-electron chi connectivity index (χ3n) is 2.25. The van der Waals surface area contributed by atoms with Gasteiger partial charge in [0.05, 0.1) is 6.54 Å². The molecular weight excluding hydrogens is 280 g/mol. The molecule has 5 heteroatoms. The molecule has 0 bridgehead atoms. The average Bonchev–Trinajstić information content (AvgIpc) is 2.68. The number of hydrogen-bond donors (Lipinski definition) is 1. The van der Waals surface area contributed by atoms with Gasteiger partial charge in [0.25, 0.3) is 0 Å². The first kappa shape index (κ1) is 11.5. The summed E-state index contributed by atoms with van der Waals surface area (Å²) in [5, 5.41) is 3.60. The molecule has 0 amide bonds. The SMILES string of the molecule is CCNCc1cc2c(Br)cc(F)c(F)c2o1. The monoisotopic (exact) mass is 289 g/mol. The number of halogens is 3. The summed E-state index contributed by atoms with van der Waals surface area (Å²) in [6.45, 7) is 3.24. The highest BCUT2D eigenvalue weighted by Gasteiger charge is 2.15. The number of fused-ring (bicyclic) bond motifs is 1. The normalized spacial score (nSPS) is 11.2. The Kier molecular flexibility index (Phi) is 3.25. The van der Waals surface area contributed by atoms with E-state index in [4.69, 9.17) is 4.42 Å². The molecule has 1 N–H and O–H groups in total. The lowest BCUT2D eigenvalue weighted by Crippen LogP contribution is -2.10. The van der Waals surface area contributed by atoms with Crippen molar-refractivity contribution in [1.82, 2.24) is 5.32 Å². The molecule has 1 aromatic carbocycles. The highest BCUT2D eigenvalue weighted by molar-refractivity contribution is 9.10. The van der Waals surface area contributed by atoms with Crippen molar-refractivity contribution in [3.05, 3.63) is 34.0 Å². The third kappa shape index (κ3) is 1.97. The molecule has 16 heavy (non-hydrogen) atoms. The maximum atomic E-state index is 13.4. The van der Waals surface area contributed by atoms with E-state index in [2.05, 4.69) is 21.2 Å². The van der Waals surface area contributed by atoms with Crippen LogP contribution < -0.4 is 5.32 Å². The van der Waals surface area contributed by atoms with Gasteiger partial charge in [-0.25, -0.2) is 4.39 Å². The van der Waals surface area contributed by atoms with Crippen molar-refractivity contribution in [2.75, 3.05) is 6.54 Å². The third-order valence-corrected chi connectivity index (χ3v) is 2.91. The molecule has 0 unspecified atom stereocenters. The van der Waals surface area contributed by atoms with Gasteiger partial charge < -0.3 is 9.73 Å². The second-order valence-electron chi connectivity index (χ2n) is 3.39. The molecule has 1 aromatic heterocycles. The fourth-order valence-electron chi connectivity index (χ4n) is 1.48. The van der Waals surface area contributed by atoms with E-state index in [1.807, 2.05) is 6.92 Å². The van der Waals surface area contributed by atoms with Crippen LogP contribution in [0.4, 0.5) is 8.78 Å². The van der Waals surface area contributed by atoms with Crippen LogP contribution in [0.25, 0.3) is 11.0 Å². The molecule has 0 radical (unpaired) electrons. The molecular formula is C11H10BrF2NO. The Labute approximate surface area is 99.8 Å². The van der Waals surface area contributed by atoms with Gasteiger partial charge in [0, 0.05) is 9.86 Å². The second kappa shape index (κ2) is 4.51. The Balaban J connectivity index is 2.52. The Bertz CT molecular complexity index is 524. The van der Waals surface area contributed by atoms with Crippen molar-refractivity contribution >= 4 is 26.9 Å². The van der Waals surface area contributed by atoms with Crippen LogP contribution in [0.2, 0.25) is 0 Å². The average molecular weight is 290 g/mol. The number of nitrogens with one attached hydrogen (secondary N) is 1. The number of hydrogen-bond acceptors (Lipinski definition) is 2. The molecule has 0 fully saturated rings. The zero-order valence-corrected chi connectivity index (χ0v) is 10.2. The van der Waals surface area contributed by atoms with Gasteiger partial charge in [0.15, 0.2) is 11.4 Å². The predicted octanol–water partition coefficient (Wildman–Crippen LogP) is 3.58. The molecule has 0 atom stereocenters. The van der Waals surface area contributed by atoms with E-state index in [0.717, 1.165) is 12.6 Å². The Morgan fingerprint density at radius 3 is 2.81 bits per heavy atom. The lowest BCUT2D eigenvalue weighted by atomic mass is 10.2. The Morgan fingerprint density at radius 2 is 2.12 bits per heavy atom. The minimum absolute atomic E-state index is 0.0419. The standard InChI is InChI=1S/C11H10BrF2NO/c1-2-15-5-6-3-7-8(12)4-9(13)10(14)11(7)16-6/h3-4,15H,2,5H2,1H3. The maximum absolute atomic E-state index is 13.4. The van der Waals surface area contributed by atoms with Crippen LogP contribution in [-0.4, -0.2) is 6.54 Å². The summed E-state index contributed by atoms with van der Waals surface area (Å²) < 4.78 is 32.2. The zero-order chi connectivity index (χ0) is 11.7. The minimum Gasteiger partial charge on any atom is -0.456 e. The van der Waals surface area contributed by atoms with Crippen LogP contribution in [0, 0.1) is 11.6 Å². The molecule has 2 rings (SSSR count). The summed E-state index contributed by atoms with van der Waals surface area (Å²) >= 11 is 3.18. The van der Waals surface area contributed by atoms with Gasteiger partial charge in [-0.1, -0.05) is 6.92 Å². The quantitative estimate of drug-likeness (QED) is 0.874. The van der Waals surface area contributed by atoms with Crippen LogP contribution in [0.3, 0.4) is 0 Å². The first-order valence-electron chi connectivity index (χ1n) is 4.90. The second-order valence-corrected chi connectivity index (χ2v) is 4.24. The van der Waals surface area contributed by atoms with E-state index in [1.165, 1.54) is 0 Å². The molecule has 0 spiro atoms.